The molecule has 0 spiro atoms. The number of amides is 2. The zero-order chi connectivity index (χ0) is 23.2. The molecule has 2 aliphatic heterocycles. The van der Waals surface area contributed by atoms with Crippen molar-refractivity contribution in [3.05, 3.63) is 84.1 Å². The van der Waals surface area contributed by atoms with E-state index in [0.29, 0.717) is 42.7 Å². The second-order valence-electron chi connectivity index (χ2n) is 8.73. The molecule has 0 bridgehead atoms. The van der Waals surface area contributed by atoms with E-state index < -0.39 is 5.92 Å². The fourth-order valence-corrected chi connectivity index (χ4v) is 5.15. The summed E-state index contributed by atoms with van der Waals surface area (Å²) in [5.74, 6) is -0.0337. The lowest BCUT2D eigenvalue weighted by Gasteiger charge is -2.52. The smallest absolute Gasteiger partial charge is 0.346 e. The molecule has 8 nitrogen and oxygen atoms in total. The highest BCUT2D eigenvalue weighted by molar-refractivity contribution is 5.92. The molecule has 2 fully saturated rings. The second kappa shape index (κ2) is 8.09. The number of benzene rings is 2. The van der Waals surface area contributed by atoms with Gasteiger partial charge in [-0.3, -0.25) is 4.79 Å². The molecule has 2 aromatic heterocycles. The minimum atomic E-state index is -0.409. The first-order valence-corrected chi connectivity index (χ1v) is 11.3. The molecule has 0 aliphatic carbocycles. The number of furan rings is 1. The summed E-state index contributed by atoms with van der Waals surface area (Å²) in [4.78, 5) is 30.0. The van der Waals surface area contributed by atoms with Gasteiger partial charge in [-0.2, -0.15) is 4.68 Å². The first-order valence-electron chi connectivity index (χ1n) is 11.3. The Labute approximate surface area is 194 Å². The van der Waals surface area contributed by atoms with Crippen LogP contribution in [-0.4, -0.2) is 55.9 Å². The summed E-state index contributed by atoms with van der Waals surface area (Å²) in [5.41, 5.74) is 2.12. The van der Waals surface area contributed by atoms with E-state index in [1.165, 1.54) is 16.8 Å². The molecule has 0 unspecified atom stereocenters. The van der Waals surface area contributed by atoms with Crippen molar-refractivity contribution in [2.45, 2.75) is 30.8 Å². The maximum Gasteiger partial charge on any atom is 0.346 e. The van der Waals surface area contributed by atoms with Crippen molar-refractivity contribution in [1.82, 2.24) is 24.8 Å². The number of rotatable bonds is 3. The number of carbonyl (C=O) groups is 2. The number of fused-ring (bicyclic) bond motifs is 1. The fourth-order valence-electron chi connectivity index (χ4n) is 5.15. The molecule has 2 aliphatic rings. The monoisotopic (exact) mass is 459 g/mol. The van der Waals surface area contributed by atoms with Gasteiger partial charge in [-0.25, -0.2) is 9.18 Å². The molecule has 4 heterocycles. The third-order valence-electron chi connectivity index (χ3n) is 6.86. The Bertz CT molecular complexity index is 1340. The average Bonchev–Trinajstić information content (AvgIpc) is 3.54. The minimum Gasteiger partial charge on any atom is -0.467 e. The van der Waals surface area contributed by atoms with Crippen LogP contribution in [0.1, 0.15) is 36.1 Å². The molecule has 4 aromatic rings. The van der Waals surface area contributed by atoms with Crippen molar-refractivity contribution in [3.63, 3.8) is 0 Å². The third-order valence-corrected chi connectivity index (χ3v) is 6.86. The standard InChI is InChI=1S/C25H22FN5O3/c26-17-9-7-16(8-10-17)22-23(21-6-3-15-34-21)30(24(22)32)18-11-13-29(14-12-18)25(33)31-20-5-2-1-4-19(20)27-28-31/h1-10,15,18,22-23H,11-14H2/t22-,23-/m1/s1. The zero-order valence-corrected chi connectivity index (χ0v) is 18.3. The summed E-state index contributed by atoms with van der Waals surface area (Å²) in [7, 11) is 0. The Morgan fingerprint density at radius 1 is 1.00 bits per heavy atom. The Morgan fingerprint density at radius 3 is 2.50 bits per heavy atom. The third kappa shape index (κ3) is 3.27. The van der Waals surface area contributed by atoms with E-state index in [0.717, 1.165) is 5.56 Å². The molecular weight excluding hydrogens is 437 g/mol. The number of halogens is 1. The number of para-hydroxylation sites is 1. The number of hydrogen-bond acceptors (Lipinski definition) is 5. The molecule has 2 atom stereocenters. The summed E-state index contributed by atoms with van der Waals surface area (Å²) < 4.78 is 20.5. The highest BCUT2D eigenvalue weighted by atomic mass is 19.1. The molecule has 6 rings (SSSR count). The maximum atomic E-state index is 13.4. The highest BCUT2D eigenvalue weighted by Gasteiger charge is 2.53. The second-order valence-corrected chi connectivity index (χ2v) is 8.73. The Hall–Kier alpha value is -4.01. The van der Waals surface area contributed by atoms with Crippen LogP contribution in [0.5, 0.6) is 0 Å². The normalized spacial score (nSPS) is 21.1. The van der Waals surface area contributed by atoms with Crippen molar-refractivity contribution in [2.24, 2.45) is 0 Å². The lowest BCUT2D eigenvalue weighted by atomic mass is 9.78. The van der Waals surface area contributed by atoms with Gasteiger partial charge >= 0.3 is 6.03 Å². The number of piperidine rings is 1. The van der Waals surface area contributed by atoms with Gasteiger partial charge in [0.2, 0.25) is 5.91 Å². The topological polar surface area (TPSA) is 84.5 Å². The van der Waals surface area contributed by atoms with Gasteiger partial charge in [0, 0.05) is 19.1 Å². The van der Waals surface area contributed by atoms with Crippen molar-refractivity contribution in [2.75, 3.05) is 13.1 Å². The molecular formula is C25H22FN5O3. The van der Waals surface area contributed by atoms with Gasteiger partial charge in [0.05, 0.1) is 17.7 Å². The Kier molecular flexibility index (Phi) is 4.90. The largest absolute Gasteiger partial charge is 0.467 e. The van der Waals surface area contributed by atoms with Crippen LogP contribution in [0, 0.1) is 5.82 Å². The summed E-state index contributed by atoms with van der Waals surface area (Å²) >= 11 is 0. The van der Waals surface area contributed by atoms with Crippen LogP contribution in [0.2, 0.25) is 0 Å². The predicted molar refractivity (Wildman–Crippen MR) is 120 cm³/mol. The molecule has 0 N–H and O–H groups in total. The number of aromatic nitrogens is 3. The van der Waals surface area contributed by atoms with Crippen molar-refractivity contribution < 1.29 is 18.4 Å². The van der Waals surface area contributed by atoms with E-state index in [2.05, 4.69) is 10.3 Å². The van der Waals surface area contributed by atoms with Crippen molar-refractivity contribution in [3.8, 4) is 0 Å². The number of β-lactam (4-membered cyclic amide) rings is 1. The van der Waals surface area contributed by atoms with Gasteiger partial charge in [-0.05, 0) is 54.8 Å². The van der Waals surface area contributed by atoms with E-state index in [1.54, 1.807) is 23.3 Å². The highest BCUT2D eigenvalue weighted by Crippen LogP contribution is 2.49. The molecule has 2 amide bonds. The fraction of sp³-hybridized carbons (Fsp3) is 0.280. The zero-order valence-electron chi connectivity index (χ0n) is 18.3. The molecule has 0 radical (unpaired) electrons. The molecule has 0 saturated carbocycles. The Balaban J connectivity index is 1.19. The summed E-state index contributed by atoms with van der Waals surface area (Å²) in [6, 6.07) is 16.6. The SMILES string of the molecule is O=C1[C@H](c2ccc(F)cc2)[C@@H](c2ccco2)N1C1CCN(C(=O)n2nnc3ccccc32)CC1. The van der Waals surface area contributed by atoms with E-state index in [-0.39, 0.29) is 29.8 Å². The van der Waals surface area contributed by atoms with Crippen LogP contribution in [0.25, 0.3) is 11.0 Å². The van der Waals surface area contributed by atoms with Gasteiger partial charge in [0.15, 0.2) is 0 Å². The molecule has 2 saturated heterocycles. The summed E-state index contributed by atoms with van der Waals surface area (Å²) in [6.07, 6.45) is 2.90. The van der Waals surface area contributed by atoms with Crippen molar-refractivity contribution in [1.29, 1.82) is 0 Å². The van der Waals surface area contributed by atoms with Crippen LogP contribution in [-0.2, 0) is 4.79 Å². The van der Waals surface area contributed by atoms with E-state index >= 15 is 0 Å². The first kappa shape index (κ1) is 20.6. The van der Waals surface area contributed by atoms with Gasteiger partial charge in [-0.1, -0.05) is 29.5 Å². The maximum absolute atomic E-state index is 13.4. The van der Waals surface area contributed by atoms with Crippen LogP contribution in [0.3, 0.4) is 0 Å². The molecule has 9 heteroatoms. The van der Waals surface area contributed by atoms with E-state index in [1.807, 2.05) is 41.3 Å². The predicted octanol–water partition coefficient (Wildman–Crippen LogP) is 3.96. The van der Waals surface area contributed by atoms with Gasteiger partial charge in [0.25, 0.3) is 0 Å². The van der Waals surface area contributed by atoms with Crippen LogP contribution < -0.4 is 0 Å². The van der Waals surface area contributed by atoms with Gasteiger partial charge in [0.1, 0.15) is 23.1 Å². The molecule has 34 heavy (non-hydrogen) atoms. The lowest BCUT2D eigenvalue weighted by molar-refractivity contribution is -0.157. The number of carbonyl (C=O) groups excluding carboxylic acids is 2. The summed E-state index contributed by atoms with van der Waals surface area (Å²) in [5, 5.41) is 8.10. The van der Waals surface area contributed by atoms with E-state index in [9.17, 15) is 14.0 Å². The van der Waals surface area contributed by atoms with Crippen molar-refractivity contribution >= 4 is 23.0 Å². The minimum absolute atomic E-state index is 0.0000509. The number of nitrogens with zero attached hydrogens (tertiary/aromatic N) is 5. The lowest BCUT2D eigenvalue weighted by Crippen LogP contribution is -2.60. The van der Waals surface area contributed by atoms with Gasteiger partial charge < -0.3 is 14.2 Å². The summed E-state index contributed by atoms with van der Waals surface area (Å²) in [6.45, 7) is 1.01. The molecule has 2 aromatic carbocycles. The number of likely N-dealkylation sites (tertiary alicyclic amines) is 2. The number of hydrogen-bond donors (Lipinski definition) is 0. The van der Waals surface area contributed by atoms with Crippen LogP contribution >= 0.6 is 0 Å². The quantitative estimate of drug-likeness (QED) is 0.433. The van der Waals surface area contributed by atoms with E-state index in [4.69, 9.17) is 4.42 Å². The van der Waals surface area contributed by atoms with Crippen LogP contribution in [0.15, 0.2) is 71.3 Å². The molecule has 172 valence electrons. The van der Waals surface area contributed by atoms with Gasteiger partial charge in [-0.15, -0.1) is 5.10 Å². The Morgan fingerprint density at radius 2 is 1.76 bits per heavy atom. The van der Waals surface area contributed by atoms with Crippen LogP contribution in [0.4, 0.5) is 9.18 Å². The first-order chi connectivity index (χ1) is 16.6. The average molecular weight is 459 g/mol.